The molecule has 1 aliphatic rings. The van der Waals surface area contributed by atoms with E-state index in [1.54, 1.807) is 133 Å². The first kappa shape index (κ1) is 39.3. The van der Waals surface area contributed by atoms with Crippen LogP contribution in [0.3, 0.4) is 0 Å². The van der Waals surface area contributed by atoms with E-state index in [1.807, 2.05) is 24.3 Å². The third kappa shape index (κ3) is 10.7. The molecule has 11 heteroatoms. The van der Waals surface area contributed by atoms with Crippen molar-refractivity contribution in [2.45, 2.75) is 59.6 Å². The summed E-state index contributed by atoms with van der Waals surface area (Å²) in [5, 5.41) is 0.321. The summed E-state index contributed by atoms with van der Waals surface area (Å²) in [5.41, 5.74) is 1.06. The number of hydrogen-bond donors (Lipinski definition) is 0. The Labute approximate surface area is 328 Å². The minimum Gasteiger partial charge on any atom is -0.459 e. The lowest BCUT2D eigenvalue weighted by Crippen LogP contribution is -2.61. The summed E-state index contributed by atoms with van der Waals surface area (Å²) in [6.45, 7) is 3.85. The molecule has 1 aliphatic heterocycles. The fraction of sp³-hybridized carbons (Fsp3) is 0.227. The third-order valence-electron chi connectivity index (χ3n) is 8.48. The van der Waals surface area contributed by atoms with Crippen molar-refractivity contribution >= 4 is 47.4 Å². The molecular weight excluding hydrogens is 737 g/mol. The van der Waals surface area contributed by atoms with Gasteiger partial charge in [0.2, 0.25) is 0 Å². The van der Waals surface area contributed by atoms with E-state index in [9.17, 15) is 19.2 Å². The Balaban J connectivity index is 1.41. The number of benzene rings is 5. The van der Waals surface area contributed by atoms with Gasteiger partial charge in [0.25, 0.3) is 0 Å². The van der Waals surface area contributed by atoms with Gasteiger partial charge in [-0.3, -0.25) is 0 Å². The van der Waals surface area contributed by atoms with Gasteiger partial charge >= 0.3 is 23.9 Å². The number of hydrogen-bond acceptors (Lipinski definition) is 11. The predicted molar refractivity (Wildman–Crippen MR) is 211 cm³/mol. The lowest BCUT2D eigenvalue weighted by Gasteiger charge is -2.44. The Morgan fingerprint density at radius 3 is 1.45 bits per heavy atom. The maximum atomic E-state index is 13.9. The molecule has 5 aromatic carbocycles. The molecule has 0 unspecified atom stereocenters. The van der Waals surface area contributed by atoms with Crippen LogP contribution in [0.4, 0.5) is 0 Å². The lowest BCUT2D eigenvalue weighted by molar-refractivity contribution is -0.207. The highest BCUT2D eigenvalue weighted by Crippen LogP contribution is 2.38. The standard InChI is InChI=1S/C44H40O9S2/c1-29(2)55-36-26-16-15-25-34(36)28-54-44-39(53-43(48)33-23-13-6-14-24-33)38(52-42(47)32-21-11-5-12-22-32)37(51-41(46)31-19-9-4-10-20-31)35(50-44)27-49-40(45)30-17-7-3-8-18-30/h3-26,29,35,37-39,44H,27-28H2,1-2H3/t35-,37+,38+,39-,44+/m1/s1. The number of ether oxygens (including phenoxy) is 5. The highest BCUT2D eigenvalue weighted by atomic mass is 32.2. The van der Waals surface area contributed by atoms with Crippen LogP contribution in [0.2, 0.25) is 0 Å². The molecule has 5 aromatic rings. The summed E-state index contributed by atoms with van der Waals surface area (Å²) >= 11 is 3.05. The average Bonchev–Trinajstić information content (AvgIpc) is 3.22. The first-order valence-corrected chi connectivity index (χ1v) is 19.7. The lowest BCUT2D eigenvalue weighted by atomic mass is 9.98. The zero-order valence-electron chi connectivity index (χ0n) is 30.2. The summed E-state index contributed by atoms with van der Waals surface area (Å²) < 4.78 is 31.0. The molecule has 0 amide bonds. The van der Waals surface area contributed by atoms with Crippen molar-refractivity contribution in [3.05, 3.63) is 173 Å². The van der Waals surface area contributed by atoms with Gasteiger partial charge in [0, 0.05) is 15.9 Å². The van der Waals surface area contributed by atoms with E-state index in [4.69, 9.17) is 23.7 Å². The fourth-order valence-electron chi connectivity index (χ4n) is 5.83. The smallest absolute Gasteiger partial charge is 0.338 e. The third-order valence-corrected chi connectivity index (χ3v) is 10.8. The highest BCUT2D eigenvalue weighted by molar-refractivity contribution is 8.00. The second kappa shape index (κ2) is 19.3. The summed E-state index contributed by atoms with van der Waals surface area (Å²) in [6, 6.07) is 41.5. The molecule has 0 bridgehead atoms. The fourth-order valence-corrected chi connectivity index (χ4v) is 8.09. The van der Waals surface area contributed by atoms with Crippen molar-refractivity contribution in [3.63, 3.8) is 0 Å². The zero-order chi connectivity index (χ0) is 38.6. The van der Waals surface area contributed by atoms with Crippen molar-refractivity contribution < 1.29 is 42.9 Å². The molecule has 282 valence electrons. The molecule has 1 saturated heterocycles. The van der Waals surface area contributed by atoms with E-state index >= 15 is 0 Å². The average molecular weight is 777 g/mol. The molecule has 0 aromatic heterocycles. The first-order chi connectivity index (χ1) is 26.8. The molecule has 0 saturated carbocycles. The van der Waals surface area contributed by atoms with Crippen molar-refractivity contribution in [2.75, 3.05) is 6.61 Å². The van der Waals surface area contributed by atoms with Crippen LogP contribution in [0, 0.1) is 0 Å². The molecular formula is C44H40O9S2. The van der Waals surface area contributed by atoms with E-state index in [0.717, 1.165) is 10.5 Å². The zero-order valence-corrected chi connectivity index (χ0v) is 31.9. The van der Waals surface area contributed by atoms with Gasteiger partial charge in [-0.25, -0.2) is 19.2 Å². The van der Waals surface area contributed by atoms with E-state index in [2.05, 4.69) is 13.8 Å². The number of carbonyl (C=O) groups excluding carboxylic acids is 4. The van der Waals surface area contributed by atoms with E-state index in [-0.39, 0.29) is 23.3 Å². The Morgan fingerprint density at radius 2 is 0.964 bits per heavy atom. The first-order valence-electron chi connectivity index (χ1n) is 17.8. The number of esters is 4. The normalized spacial score (nSPS) is 19.2. The maximum Gasteiger partial charge on any atom is 0.338 e. The van der Waals surface area contributed by atoms with Gasteiger partial charge < -0.3 is 23.7 Å². The molecule has 6 rings (SSSR count). The molecule has 0 N–H and O–H groups in total. The molecule has 0 spiro atoms. The van der Waals surface area contributed by atoms with Gasteiger partial charge in [0.1, 0.15) is 18.1 Å². The summed E-state index contributed by atoms with van der Waals surface area (Å²) in [7, 11) is 0. The molecule has 0 radical (unpaired) electrons. The second-order valence-corrected chi connectivity index (χ2v) is 15.5. The Morgan fingerprint density at radius 1 is 0.545 bits per heavy atom. The van der Waals surface area contributed by atoms with Gasteiger partial charge in [0.05, 0.1) is 22.3 Å². The minimum absolute atomic E-state index is 0.226. The van der Waals surface area contributed by atoms with Crippen LogP contribution < -0.4 is 0 Å². The SMILES string of the molecule is CC(C)Sc1ccccc1CS[C@@H]1O[C@H](COC(=O)c2ccccc2)[C@H](OC(=O)c2ccccc2)[C@H](OC(=O)c2ccccc2)[C@H]1OC(=O)c1ccccc1. The van der Waals surface area contributed by atoms with Gasteiger partial charge in [-0.2, -0.15) is 0 Å². The molecule has 55 heavy (non-hydrogen) atoms. The number of thioether (sulfide) groups is 2. The Hall–Kier alpha value is -5.36. The van der Waals surface area contributed by atoms with Gasteiger partial charge in [-0.05, 0) is 60.2 Å². The van der Waals surface area contributed by atoms with Crippen LogP contribution in [0.5, 0.6) is 0 Å². The van der Waals surface area contributed by atoms with Crippen molar-refractivity contribution in [1.82, 2.24) is 0 Å². The van der Waals surface area contributed by atoms with Crippen LogP contribution in [0.15, 0.2) is 150 Å². The van der Waals surface area contributed by atoms with Crippen LogP contribution >= 0.6 is 23.5 Å². The molecule has 9 nitrogen and oxygen atoms in total. The number of rotatable bonds is 14. The topological polar surface area (TPSA) is 114 Å². The van der Waals surface area contributed by atoms with Crippen LogP contribution in [0.25, 0.3) is 0 Å². The van der Waals surface area contributed by atoms with Crippen molar-refractivity contribution in [1.29, 1.82) is 0 Å². The predicted octanol–water partition coefficient (Wildman–Crippen LogP) is 8.68. The van der Waals surface area contributed by atoms with Crippen molar-refractivity contribution in [2.24, 2.45) is 0 Å². The highest BCUT2D eigenvalue weighted by Gasteiger charge is 2.53. The summed E-state index contributed by atoms with van der Waals surface area (Å²) in [6.07, 6.45) is -5.23. The quantitative estimate of drug-likeness (QED) is 0.0613. The van der Waals surface area contributed by atoms with Crippen LogP contribution in [0.1, 0.15) is 60.8 Å². The van der Waals surface area contributed by atoms with E-state index < -0.39 is 53.7 Å². The largest absolute Gasteiger partial charge is 0.459 e. The Bertz CT molecular complexity index is 2030. The maximum absolute atomic E-state index is 13.9. The van der Waals surface area contributed by atoms with Crippen LogP contribution in [-0.2, 0) is 29.4 Å². The van der Waals surface area contributed by atoms with Gasteiger partial charge in [0.15, 0.2) is 18.3 Å². The second-order valence-electron chi connectivity index (χ2n) is 12.8. The number of carbonyl (C=O) groups is 4. The van der Waals surface area contributed by atoms with Gasteiger partial charge in [-0.1, -0.05) is 105 Å². The summed E-state index contributed by atoms with van der Waals surface area (Å²) in [5.74, 6) is -2.38. The van der Waals surface area contributed by atoms with Gasteiger partial charge in [-0.15, -0.1) is 23.5 Å². The monoisotopic (exact) mass is 776 g/mol. The van der Waals surface area contributed by atoms with E-state index in [0.29, 0.717) is 16.6 Å². The molecule has 1 fully saturated rings. The Kier molecular flexibility index (Phi) is 13.8. The van der Waals surface area contributed by atoms with E-state index in [1.165, 1.54) is 11.8 Å². The van der Waals surface area contributed by atoms with Crippen LogP contribution in [-0.4, -0.2) is 65.6 Å². The molecule has 1 heterocycles. The summed E-state index contributed by atoms with van der Waals surface area (Å²) in [4.78, 5) is 55.7. The molecule has 5 atom stereocenters. The molecule has 0 aliphatic carbocycles. The minimum atomic E-state index is -1.40. The van der Waals surface area contributed by atoms with Crippen molar-refractivity contribution in [3.8, 4) is 0 Å².